The van der Waals surface area contributed by atoms with Crippen molar-refractivity contribution in [1.82, 2.24) is 0 Å². The summed E-state index contributed by atoms with van der Waals surface area (Å²) >= 11 is 0. The van der Waals surface area contributed by atoms with E-state index in [-0.39, 0.29) is 0 Å². The molecule has 0 spiro atoms. The summed E-state index contributed by atoms with van der Waals surface area (Å²) in [6.07, 6.45) is 0. The molecule has 0 aliphatic carbocycles. The van der Waals surface area contributed by atoms with E-state index in [1.807, 2.05) is 13.8 Å². The van der Waals surface area contributed by atoms with Crippen molar-refractivity contribution in [3.8, 4) is 0 Å². The molecule has 2 heteroatoms. The quantitative estimate of drug-likeness (QED) is 0.685. The number of benzene rings is 2. The van der Waals surface area contributed by atoms with Crippen molar-refractivity contribution in [2.75, 3.05) is 0 Å². The van der Waals surface area contributed by atoms with Crippen LogP contribution in [0.2, 0.25) is 0 Å². The van der Waals surface area contributed by atoms with Crippen molar-refractivity contribution in [2.45, 2.75) is 32.8 Å². The predicted molar refractivity (Wildman–Crippen MR) is 67.6 cm³/mol. The summed E-state index contributed by atoms with van der Waals surface area (Å²) in [4.78, 5) is 0. The average Bonchev–Trinajstić information content (AvgIpc) is 2.32. The third-order valence-corrected chi connectivity index (χ3v) is 3.23. The van der Waals surface area contributed by atoms with Crippen LogP contribution >= 0.6 is 0 Å². The zero-order chi connectivity index (χ0) is 11.9. The number of ether oxygens (including phenoxy) is 2. The molecular formula is C15H16O2. The number of hydrogen-bond acceptors (Lipinski definition) is 2. The molecule has 88 valence electrons. The Morgan fingerprint density at radius 3 is 1.94 bits per heavy atom. The SMILES string of the molecule is CC1(C)OCc2cccc3cccc(c23)CO1. The van der Waals surface area contributed by atoms with Gasteiger partial charge in [-0.05, 0) is 35.7 Å². The van der Waals surface area contributed by atoms with Crippen LogP contribution in [0.4, 0.5) is 0 Å². The molecule has 0 unspecified atom stereocenters. The van der Waals surface area contributed by atoms with Crippen molar-refractivity contribution < 1.29 is 9.47 Å². The first kappa shape index (κ1) is 10.8. The van der Waals surface area contributed by atoms with Gasteiger partial charge in [-0.25, -0.2) is 0 Å². The summed E-state index contributed by atoms with van der Waals surface area (Å²) in [6, 6.07) is 12.7. The smallest absolute Gasteiger partial charge is 0.163 e. The molecule has 2 aromatic carbocycles. The van der Waals surface area contributed by atoms with Gasteiger partial charge in [0.2, 0.25) is 0 Å². The molecule has 0 radical (unpaired) electrons. The third-order valence-electron chi connectivity index (χ3n) is 3.23. The van der Waals surface area contributed by atoms with Crippen LogP contribution in [0, 0.1) is 0 Å². The summed E-state index contributed by atoms with van der Waals surface area (Å²) in [5.41, 5.74) is 2.49. The molecule has 0 fully saturated rings. The molecule has 0 aromatic heterocycles. The highest BCUT2D eigenvalue weighted by Gasteiger charge is 2.22. The fourth-order valence-corrected chi connectivity index (χ4v) is 2.29. The molecule has 17 heavy (non-hydrogen) atoms. The minimum absolute atomic E-state index is 0.518. The lowest BCUT2D eigenvalue weighted by molar-refractivity contribution is -0.227. The molecular weight excluding hydrogens is 212 g/mol. The first-order valence-corrected chi connectivity index (χ1v) is 5.93. The van der Waals surface area contributed by atoms with E-state index < -0.39 is 5.79 Å². The topological polar surface area (TPSA) is 18.5 Å². The van der Waals surface area contributed by atoms with Gasteiger partial charge in [-0.2, -0.15) is 0 Å². The summed E-state index contributed by atoms with van der Waals surface area (Å²) in [6.45, 7) is 5.12. The largest absolute Gasteiger partial charge is 0.346 e. The van der Waals surface area contributed by atoms with Crippen LogP contribution in [-0.4, -0.2) is 5.79 Å². The normalized spacial score (nSPS) is 18.7. The van der Waals surface area contributed by atoms with Gasteiger partial charge in [0.15, 0.2) is 5.79 Å². The van der Waals surface area contributed by atoms with Gasteiger partial charge >= 0.3 is 0 Å². The van der Waals surface area contributed by atoms with E-state index in [9.17, 15) is 0 Å². The fraction of sp³-hybridized carbons (Fsp3) is 0.333. The van der Waals surface area contributed by atoms with Crippen LogP contribution in [0.25, 0.3) is 10.8 Å². The lowest BCUT2D eigenvalue weighted by Gasteiger charge is -2.29. The van der Waals surface area contributed by atoms with E-state index in [2.05, 4.69) is 36.4 Å². The summed E-state index contributed by atoms with van der Waals surface area (Å²) in [5, 5.41) is 2.54. The molecule has 0 atom stereocenters. The molecule has 0 bridgehead atoms. The second-order valence-corrected chi connectivity index (χ2v) is 4.91. The van der Waals surface area contributed by atoms with Gasteiger partial charge in [0.05, 0.1) is 13.2 Å². The Bertz CT molecular complexity index is 513. The highest BCUT2D eigenvalue weighted by molar-refractivity contribution is 5.88. The van der Waals surface area contributed by atoms with E-state index >= 15 is 0 Å². The molecule has 0 amide bonds. The van der Waals surface area contributed by atoms with Crippen LogP contribution in [0.1, 0.15) is 25.0 Å². The Hall–Kier alpha value is -1.38. The maximum Gasteiger partial charge on any atom is 0.163 e. The van der Waals surface area contributed by atoms with E-state index in [1.54, 1.807) is 0 Å². The zero-order valence-electron chi connectivity index (χ0n) is 10.2. The van der Waals surface area contributed by atoms with E-state index in [0.29, 0.717) is 13.2 Å². The molecule has 0 saturated carbocycles. The van der Waals surface area contributed by atoms with Crippen LogP contribution in [0.15, 0.2) is 36.4 Å². The Balaban J connectivity index is 2.20. The van der Waals surface area contributed by atoms with Gasteiger partial charge in [-0.3, -0.25) is 0 Å². The molecule has 1 aliphatic heterocycles. The van der Waals surface area contributed by atoms with Gasteiger partial charge in [0.25, 0.3) is 0 Å². The van der Waals surface area contributed by atoms with Crippen molar-refractivity contribution >= 4 is 10.8 Å². The highest BCUT2D eigenvalue weighted by atomic mass is 16.7. The van der Waals surface area contributed by atoms with Crippen molar-refractivity contribution in [3.05, 3.63) is 47.5 Å². The monoisotopic (exact) mass is 228 g/mol. The van der Waals surface area contributed by atoms with Gasteiger partial charge in [-0.1, -0.05) is 36.4 Å². The Kier molecular flexibility index (Phi) is 2.42. The minimum Gasteiger partial charge on any atom is -0.346 e. The average molecular weight is 228 g/mol. The standard InChI is InChI=1S/C15H16O2/c1-15(2)16-9-12-7-3-5-11-6-4-8-13(10-17-15)14(11)12/h3-8H,9-10H2,1-2H3. The number of rotatable bonds is 0. The third kappa shape index (κ3) is 1.94. The van der Waals surface area contributed by atoms with Crippen LogP contribution < -0.4 is 0 Å². The Morgan fingerprint density at radius 1 is 0.882 bits per heavy atom. The Morgan fingerprint density at radius 2 is 1.41 bits per heavy atom. The second-order valence-electron chi connectivity index (χ2n) is 4.91. The van der Waals surface area contributed by atoms with Gasteiger partial charge in [0.1, 0.15) is 0 Å². The first-order chi connectivity index (χ1) is 8.16. The van der Waals surface area contributed by atoms with Crippen molar-refractivity contribution in [2.24, 2.45) is 0 Å². The fourth-order valence-electron chi connectivity index (χ4n) is 2.29. The maximum atomic E-state index is 5.80. The zero-order valence-corrected chi connectivity index (χ0v) is 10.2. The van der Waals surface area contributed by atoms with Crippen molar-refractivity contribution in [3.63, 3.8) is 0 Å². The molecule has 2 nitrogen and oxygen atoms in total. The van der Waals surface area contributed by atoms with Gasteiger partial charge in [0, 0.05) is 0 Å². The second kappa shape index (κ2) is 3.83. The molecule has 3 rings (SSSR count). The van der Waals surface area contributed by atoms with Crippen LogP contribution in [-0.2, 0) is 22.7 Å². The molecule has 1 aliphatic rings. The maximum absolute atomic E-state index is 5.80. The predicted octanol–water partition coefficient (Wildman–Crippen LogP) is 3.62. The minimum atomic E-state index is -0.518. The summed E-state index contributed by atoms with van der Waals surface area (Å²) < 4.78 is 11.6. The van der Waals surface area contributed by atoms with Gasteiger partial charge < -0.3 is 9.47 Å². The molecule has 0 N–H and O–H groups in total. The first-order valence-electron chi connectivity index (χ1n) is 5.93. The molecule has 2 aromatic rings. The lowest BCUT2D eigenvalue weighted by atomic mass is 9.99. The van der Waals surface area contributed by atoms with Crippen LogP contribution in [0.3, 0.4) is 0 Å². The molecule has 0 saturated heterocycles. The number of hydrogen-bond donors (Lipinski definition) is 0. The summed E-state index contributed by atoms with van der Waals surface area (Å²) in [5.74, 6) is -0.518. The van der Waals surface area contributed by atoms with E-state index in [1.165, 1.54) is 21.9 Å². The lowest BCUT2D eigenvalue weighted by Crippen LogP contribution is -2.29. The van der Waals surface area contributed by atoms with Crippen molar-refractivity contribution in [1.29, 1.82) is 0 Å². The van der Waals surface area contributed by atoms with E-state index in [0.717, 1.165) is 0 Å². The highest BCUT2D eigenvalue weighted by Crippen LogP contribution is 2.29. The van der Waals surface area contributed by atoms with E-state index in [4.69, 9.17) is 9.47 Å². The summed E-state index contributed by atoms with van der Waals surface area (Å²) in [7, 11) is 0. The Labute approximate surface area is 101 Å². The van der Waals surface area contributed by atoms with Crippen LogP contribution in [0.5, 0.6) is 0 Å². The molecule has 1 heterocycles. The van der Waals surface area contributed by atoms with Gasteiger partial charge in [-0.15, -0.1) is 0 Å².